The normalized spacial score (nSPS) is 18.1. The Bertz CT molecular complexity index is 540. The molecule has 1 amide bonds. The molecular weight excluding hydrogens is 264 g/mol. The lowest BCUT2D eigenvalue weighted by Gasteiger charge is -2.11. The number of rotatable bonds is 4. The molecule has 1 aromatic rings. The highest BCUT2D eigenvalue weighted by atomic mass is 16.6. The Morgan fingerprint density at radius 3 is 2.60 bits per heavy atom. The standard InChI is InChI=1S/C13H14N2O5/c1-14-8-11(7-12(14)16)20-13(17)6-9-2-4-10(5-3-9)15(18)19/h2-5,11H,6-8H2,1H3/t11-/m0/s1. The van der Waals surface area contributed by atoms with Gasteiger partial charge in [0, 0.05) is 19.2 Å². The van der Waals surface area contributed by atoms with Gasteiger partial charge in [-0.1, -0.05) is 12.1 Å². The maximum atomic E-state index is 11.7. The van der Waals surface area contributed by atoms with Gasteiger partial charge in [0.05, 0.1) is 24.3 Å². The topological polar surface area (TPSA) is 89.8 Å². The van der Waals surface area contributed by atoms with Gasteiger partial charge in [-0.05, 0) is 5.56 Å². The second kappa shape index (κ2) is 5.68. The largest absolute Gasteiger partial charge is 0.460 e. The Hall–Kier alpha value is -2.44. The predicted octanol–water partition coefficient (Wildman–Crippen LogP) is 0.911. The molecule has 7 nitrogen and oxygen atoms in total. The zero-order valence-electron chi connectivity index (χ0n) is 10.9. The molecule has 0 unspecified atom stereocenters. The molecule has 1 aliphatic rings. The van der Waals surface area contributed by atoms with E-state index in [4.69, 9.17) is 4.74 Å². The van der Waals surface area contributed by atoms with E-state index in [2.05, 4.69) is 0 Å². The minimum absolute atomic E-state index is 0.0230. The number of likely N-dealkylation sites (N-methyl/N-ethyl adjacent to an activating group) is 1. The van der Waals surface area contributed by atoms with E-state index in [0.29, 0.717) is 12.1 Å². The molecule has 0 N–H and O–H groups in total. The monoisotopic (exact) mass is 278 g/mol. The van der Waals surface area contributed by atoms with Crippen LogP contribution in [0.4, 0.5) is 5.69 Å². The second-order valence-electron chi connectivity index (χ2n) is 4.69. The average molecular weight is 278 g/mol. The fraction of sp³-hybridized carbons (Fsp3) is 0.385. The Morgan fingerprint density at radius 1 is 1.45 bits per heavy atom. The van der Waals surface area contributed by atoms with Gasteiger partial charge < -0.3 is 9.64 Å². The first kappa shape index (κ1) is 14.0. The molecule has 1 fully saturated rings. The summed E-state index contributed by atoms with van der Waals surface area (Å²) in [6, 6.07) is 5.72. The van der Waals surface area contributed by atoms with Crippen molar-refractivity contribution in [3.8, 4) is 0 Å². The number of carbonyl (C=O) groups is 2. The lowest BCUT2D eigenvalue weighted by Crippen LogP contribution is -2.23. The zero-order valence-corrected chi connectivity index (χ0v) is 10.9. The highest BCUT2D eigenvalue weighted by molar-refractivity contribution is 5.80. The summed E-state index contributed by atoms with van der Waals surface area (Å²) in [4.78, 5) is 34.5. The van der Waals surface area contributed by atoms with Crippen molar-refractivity contribution in [3.63, 3.8) is 0 Å². The van der Waals surface area contributed by atoms with Crippen molar-refractivity contribution in [2.75, 3.05) is 13.6 Å². The van der Waals surface area contributed by atoms with Gasteiger partial charge in [0.15, 0.2) is 0 Å². The van der Waals surface area contributed by atoms with Gasteiger partial charge in [-0.25, -0.2) is 0 Å². The first-order valence-corrected chi connectivity index (χ1v) is 6.12. The molecule has 1 saturated heterocycles. The zero-order chi connectivity index (χ0) is 14.7. The summed E-state index contributed by atoms with van der Waals surface area (Å²) in [5.74, 6) is -0.481. The SMILES string of the molecule is CN1C[C@@H](OC(=O)Cc2ccc([N+](=O)[O-])cc2)CC1=O. The van der Waals surface area contributed by atoms with E-state index >= 15 is 0 Å². The number of carbonyl (C=O) groups excluding carboxylic acids is 2. The summed E-state index contributed by atoms with van der Waals surface area (Å²) < 4.78 is 5.20. The van der Waals surface area contributed by atoms with E-state index in [1.165, 1.54) is 29.2 Å². The summed E-state index contributed by atoms with van der Waals surface area (Å²) in [6.45, 7) is 0.408. The minimum Gasteiger partial charge on any atom is -0.460 e. The molecule has 0 spiro atoms. The second-order valence-corrected chi connectivity index (χ2v) is 4.69. The first-order valence-electron chi connectivity index (χ1n) is 6.12. The van der Waals surface area contributed by atoms with Gasteiger partial charge in [0.25, 0.3) is 5.69 Å². The van der Waals surface area contributed by atoms with Crippen LogP contribution < -0.4 is 0 Å². The maximum Gasteiger partial charge on any atom is 0.310 e. The number of nitro groups is 1. The molecule has 0 radical (unpaired) electrons. The third-order valence-electron chi connectivity index (χ3n) is 3.10. The lowest BCUT2D eigenvalue weighted by atomic mass is 10.1. The van der Waals surface area contributed by atoms with Gasteiger partial charge >= 0.3 is 5.97 Å². The highest BCUT2D eigenvalue weighted by Gasteiger charge is 2.29. The number of hydrogen-bond donors (Lipinski definition) is 0. The molecule has 20 heavy (non-hydrogen) atoms. The minimum atomic E-state index is -0.498. The van der Waals surface area contributed by atoms with E-state index in [1.54, 1.807) is 7.05 Å². The fourth-order valence-electron chi connectivity index (χ4n) is 2.03. The number of esters is 1. The number of likely N-dealkylation sites (tertiary alicyclic amines) is 1. The number of hydrogen-bond acceptors (Lipinski definition) is 5. The van der Waals surface area contributed by atoms with Crippen molar-refractivity contribution in [2.45, 2.75) is 18.9 Å². The van der Waals surface area contributed by atoms with Crippen LogP contribution in [0.3, 0.4) is 0 Å². The van der Waals surface area contributed by atoms with Crippen LogP contribution in [0.25, 0.3) is 0 Å². The molecular formula is C13H14N2O5. The highest BCUT2D eigenvalue weighted by Crippen LogP contribution is 2.15. The summed E-state index contributed by atoms with van der Waals surface area (Å²) in [6.07, 6.45) is -0.160. The predicted molar refractivity (Wildman–Crippen MR) is 68.9 cm³/mol. The van der Waals surface area contributed by atoms with Gasteiger partial charge in [-0.15, -0.1) is 0 Å². The van der Waals surface area contributed by atoms with Crippen LogP contribution in [0.15, 0.2) is 24.3 Å². The lowest BCUT2D eigenvalue weighted by molar-refractivity contribution is -0.384. The Kier molecular flexibility index (Phi) is 3.97. The Morgan fingerprint density at radius 2 is 2.10 bits per heavy atom. The summed E-state index contributed by atoms with van der Waals surface area (Å²) in [5, 5.41) is 10.5. The molecule has 0 aliphatic carbocycles. The van der Waals surface area contributed by atoms with Crippen LogP contribution in [0.2, 0.25) is 0 Å². The molecule has 2 rings (SSSR count). The summed E-state index contributed by atoms with van der Waals surface area (Å²) >= 11 is 0. The number of benzene rings is 1. The molecule has 0 bridgehead atoms. The first-order chi connectivity index (χ1) is 9.45. The quantitative estimate of drug-likeness (QED) is 0.464. The maximum absolute atomic E-state index is 11.7. The molecule has 1 atom stereocenters. The number of ether oxygens (including phenoxy) is 1. The molecule has 106 valence electrons. The Balaban J connectivity index is 1.88. The van der Waals surface area contributed by atoms with E-state index in [1.807, 2.05) is 0 Å². The van der Waals surface area contributed by atoms with Crippen molar-refractivity contribution in [1.29, 1.82) is 0 Å². The third-order valence-corrected chi connectivity index (χ3v) is 3.10. The van der Waals surface area contributed by atoms with Crippen molar-refractivity contribution in [3.05, 3.63) is 39.9 Å². The molecule has 7 heteroatoms. The fourth-order valence-corrected chi connectivity index (χ4v) is 2.03. The van der Waals surface area contributed by atoms with Crippen molar-refractivity contribution in [1.82, 2.24) is 4.90 Å². The van der Waals surface area contributed by atoms with Crippen LogP contribution in [0.1, 0.15) is 12.0 Å². The number of nitrogens with zero attached hydrogens (tertiary/aromatic N) is 2. The van der Waals surface area contributed by atoms with Crippen molar-refractivity contribution in [2.24, 2.45) is 0 Å². The van der Waals surface area contributed by atoms with Crippen LogP contribution in [0, 0.1) is 10.1 Å². The van der Waals surface area contributed by atoms with Gasteiger partial charge in [-0.3, -0.25) is 19.7 Å². The number of nitro benzene ring substituents is 1. The molecule has 0 aromatic heterocycles. The van der Waals surface area contributed by atoms with Crippen molar-refractivity contribution >= 4 is 17.6 Å². The van der Waals surface area contributed by atoms with Gasteiger partial charge in [-0.2, -0.15) is 0 Å². The van der Waals surface area contributed by atoms with Crippen LogP contribution in [0.5, 0.6) is 0 Å². The van der Waals surface area contributed by atoms with E-state index in [9.17, 15) is 19.7 Å². The summed E-state index contributed by atoms with van der Waals surface area (Å²) in [7, 11) is 1.66. The molecule has 0 saturated carbocycles. The third kappa shape index (κ3) is 3.31. The summed E-state index contributed by atoms with van der Waals surface area (Å²) in [5.41, 5.74) is 0.614. The smallest absolute Gasteiger partial charge is 0.310 e. The Labute approximate surface area is 115 Å². The van der Waals surface area contributed by atoms with Crippen molar-refractivity contribution < 1.29 is 19.2 Å². The van der Waals surface area contributed by atoms with E-state index in [0.717, 1.165) is 0 Å². The molecule has 1 aliphatic heterocycles. The van der Waals surface area contributed by atoms with Gasteiger partial charge in [0.2, 0.25) is 5.91 Å². The van der Waals surface area contributed by atoms with Crippen LogP contribution in [-0.2, 0) is 20.7 Å². The van der Waals surface area contributed by atoms with E-state index < -0.39 is 17.0 Å². The van der Waals surface area contributed by atoms with Gasteiger partial charge in [0.1, 0.15) is 6.10 Å². The molecule has 1 heterocycles. The van der Waals surface area contributed by atoms with Crippen LogP contribution >= 0.6 is 0 Å². The van der Waals surface area contributed by atoms with Crippen LogP contribution in [-0.4, -0.2) is 41.4 Å². The molecule has 1 aromatic carbocycles. The average Bonchev–Trinajstić information content (AvgIpc) is 2.68. The number of amides is 1. The van der Waals surface area contributed by atoms with E-state index in [-0.39, 0.29) is 24.4 Å². The number of non-ortho nitro benzene ring substituents is 1.